The topological polar surface area (TPSA) is 49.6 Å². The number of anilines is 2. The van der Waals surface area contributed by atoms with E-state index in [1.807, 2.05) is 17.0 Å². The minimum Gasteiger partial charge on any atom is -0.399 e. The van der Waals surface area contributed by atoms with Crippen molar-refractivity contribution >= 4 is 40.5 Å². The average Bonchev–Trinajstić information content (AvgIpc) is 3.08. The van der Waals surface area contributed by atoms with Crippen molar-refractivity contribution in [1.82, 2.24) is 4.90 Å². The number of carbonyl (C=O) groups excluding carboxylic acids is 1. The lowest BCUT2D eigenvalue weighted by Crippen LogP contribution is -2.59. The lowest BCUT2D eigenvalue weighted by molar-refractivity contribution is -0.135. The Bertz CT molecular complexity index is 619. The average molecular weight is 326 g/mol. The van der Waals surface area contributed by atoms with Gasteiger partial charge in [0.2, 0.25) is 5.91 Å². The van der Waals surface area contributed by atoms with Gasteiger partial charge >= 0.3 is 0 Å². The van der Waals surface area contributed by atoms with Crippen LogP contribution in [0.15, 0.2) is 18.2 Å². The maximum atomic E-state index is 12.6. The van der Waals surface area contributed by atoms with Crippen molar-refractivity contribution < 1.29 is 4.79 Å². The first-order valence-corrected chi connectivity index (χ1v) is 8.03. The summed E-state index contributed by atoms with van der Waals surface area (Å²) >= 11 is 12.1. The summed E-state index contributed by atoms with van der Waals surface area (Å²) in [7, 11) is 0. The number of nitrogen functional groups attached to an aromatic ring is 1. The first-order chi connectivity index (χ1) is 9.95. The van der Waals surface area contributed by atoms with Gasteiger partial charge in [0.15, 0.2) is 0 Å². The molecule has 1 aromatic carbocycles. The highest BCUT2D eigenvalue weighted by Gasteiger charge is 2.58. The van der Waals surface area contributed by atoms with Gasteiger partial charge in [-0.25, -0.2) is 0 Å². The fraction of sp³-hybridized carbons (Fsp3) is 0.533. The van der Waals surface area contributed by atoms with Crippen LogP contribution in [0.3, 0.4) is 0 Å². The van der Waals surface area contributed by atoms with E-state index < -0.39 is 4.33 Å². The summed E-state index contributed by atoms with van der Waals surface area (Å²) in [6.45, 7) is 2.44. The molecule has 0 aromatic heterocycles. The van der Waals surface area contributed by atoms with E-state index in [1.165, 1.54) is 11.3 Å². The van der Waals surface area contributed by atoms with Crippen LogP contribution in [0, 0.1) is 5.92 Å². The molecule has 0 radical (unpaired) electrons. The fourth-order valence-corrected chi connectivity index (χ4v) is 4.02. The summed E-state index contributed by atoms with van der Waals surface area (Å²) in [5.41, 5.74) is 9.15. The van der Waals surface area contributed by atoms with Crippen LogP contribution in [0.5, 0.6) is 0 Å². The van der Waals surface area contributed by atoms with Crippen LogP contribution < -0.4 is 10.6 Å². The maximum Gasteiger partial charge on any atom is 0.229 e. The predicted molar refractivity (Wildman–Crippen MR) is 84.8 cm³/mol. The monoisotopic (exact) mass is 325 g/mol. The largest absolute Gasteiger partial charge is 0.399 e. The molecule has 21 heavy (non-hydrogen) atoms. The molecule has 2 aliphatic heterocycles. The Labute approximate surface area is 133 Å². The van der Waals surface area contributed by atoms with E-state index in [1.54, 1.807) is 0 Å². The zero-order valence-corrected chi connectivity index (χ0v) is 13.1. The van der Waals surface area contributed by atoms with Crippen LogP contribution in [-0.2, 0) is 11.2 Å². The SMILES string of the molecule is Nc1ccc2c(c1)N1CCN(C(=O)C3CC3(Cl)Cl)C(C2)C1. The predicted octanol–water partition coefficient (Wildman–Crippen LogP) is 2.04. The number of fused-ring (bicyclic) bond motifs is 4. The number of amides is 1. The lowest BCUT2D eigenvalue weighted by atomic mass is 9.94. The highest BCUT2D eigenvalue weighted by molar-refractivity contribution is 6.52. The minimum absolute atomic E-state index is 0.114. The van der Waals surface area contributed by atoms with Crippen LogP contribution >= 0.6 is 23.2 Å². The van der Waals surface area contributed by atoms with Crippen LogP contribution in [0.4, 0.5) is 11.4 Å². The summed E-state index contributed by atoms with van der Waals surface area (Å²) in [6, 6.07) is 6.25. The van der Waals surface area contributed by atoms with Gasteiger partial charge in [0.25, 0.3) is 0 Å². The van der Waals surface area contributed by atoms with Gasteiger partial charge in [-0.2, -0.15) is 0 Å². The standard InChI is InChI=1S/C15H17Cl2N3O/c16-15(17)7-12(15)14(21)20-4-3-19-8-11(20)5-9-1-2-10(18)6-13(9)19/h1-2,6,11-12H,3-5,7-8,18H2. The first-order valence-electron chi connectivity index (χ1n) is 7.27. The number of benzene rings is 1. The van der Waals surface area contributed by atoms with Gasteiger partial charge in [0, 0.05) is 31.0 Å². The second-order valence-corrected chi connectivity index (χ2v) is 7.78. The summed E-state index contributed by atoms with van der Waals surface area (Å²) in [5.74, 6) is -0.108. The first kappa shape index (κ1) is 13.5. The molecule has 2 bridgehead atoms. The van der Waals surface area contributed by atoms with E-state index >= 15 is 0 Å². The van der Waals surface area contributed by atoms with E-state index in [9.17, 15) is 4.79 Å². The van der Waals surface area contributed by atoms with Gasteiger partial charge in [-0.3, -0.25) is 4.79 Å². The molecule has 1 aromatic rings. The Kier molecular flexibility index (Phi) is 2.86. The van der Waals surface area contributed by atoms with Gasteiger partial charge in [-0.1, -0.05) is 6.07 Å². The number of carbonyl (C=O) groups is 1. The molecule has 2 fully saturated rings. The Morgan fingerprint density at radius 1 is 1.33 bits per heavy atom. The number of nitrogens with zero attached hydrogens (tertiary/aromatic N) is 2. The molecule has 6 heteroatoms. The molecule has 2 heterocycles. The number of rotatable bonds is 1. The summed E-state index contributed by atoms with van der Waals surface area (Å²) < 4.78 is -0.838. The molecule has 1 saturated carbocycles. The molecular weight excluding hydrogens is 309 g/mol. The Hall–Kier alpha value is -1.13. The molecular formula is C15H17Cl2N3O. The van der Waals surface area contributed by atoms with Crippen LogP contribution in [-0.4, -0.2) is 40.8 Å². The highest BCUT2D eigenvalue weighted by atomic mass is 35.5. The van der Waals surface area contributed by atoms with Gasteiger partial charge < -0.3 is 15.5 Å². The molecule has 2 N–H and O–H groups in total. The van der Waals surface area contributed by atoms with Crippen molar-refractivity contribution in [2.75, 3.05) is 30.3 Å². The molecule has 0 spiro atoms. The van der Waals surface area contributed by atoms with Crippen molar-refractivity contribution in [3.05, 3.63) is 23.8 Å². The fourth-order valence-electron chi connectivity index (χ4n) is 3.52. The molecule has 1 amide bonds. The molecule has 4 rings (SSSR count). The van der Waals surface area contributed by atoms with Crippen molar-refractivity contribution in [1.29, 1.82) is 0 Å². The molecule has 4 nitrogen and oxygen atoms in total. The van der Waals surface area contributed by atoms with Gasteiger partial charge in [0.1, 0.15) is 4.33 Å². The smallest absolute Gasteiger partial charge is 0.229 e. The Morgan fingerprint density at radius 3 is 2.81 bits per heavy atom. The zero-order valence-electron chi connectivity index (χ0n) is 11.6. The summed E-state index contributed by atoms with van der Waals surface area (Å²) in [5, 5.41) is 0. The maximum absolute atomic E-state index is 12.6. The van der Waals surface area contributed by atoms with E-state index in [2.05, 4.69) is 11.0 Å². The minimum atomic E-state index is -0.838. The van der Waals surface area contributed by atoms with Crippen molar-refractivity contribution in [3.63, 3.8) is 0 Å². The molecule has 2 unspecified atom stereocenters. The number of nitrogens with two attached hydrogens (primary N) is 1. The molecule has 112 valence electrons. The normalized spacial score (nSPS) is 29.0. The number of alkyl halides is 2. The van der Waals surface area contributed by atoms with Crippen LogP contribution in [0.2, 0.25) is 0 Å². The summed E-state index contributed by atoms with van der Waals surface area (Å²) in [6.07, 6.45) is 1.46. The Balaban J connectivity index is 1.58. The third-order valence-corrected chi connectivity index (χ3v) is 5.63. The van der Waals surface area contributed by atoms with Crippen LogP contribution in [0.25, 0.3) is 0 Å². The number of hydrogen-bond acceptors (Lipinski definition) is 3. The molecule has 1 aliphatic carbocycles. The highest BCUT2D eigenvalue weighted by Crippen LogP contribution is 2.54. The second kappa shape index (κ2) is 4.43. The van der Waals surface area contributed by atoms with Gasteiger partial charge in [0.05, 0.1) is 12.0 Å². The van der Waals surface area contributed by atoms with E-state index in [4.69, 9.17) is 28.9 Å². The quantitative estimate of drug-likeness (QED) is 0.635. The molecule has 3 aliphatic rings. The molecule has 1 saturated heterocycles. The summed E-state index contributed by atoms with van der Waals surface area (Å²) in [4.78, 5) is 16.9. The van der Waals surface area contributed by atoms with E-state index in [0.717, 1.165) is 31.7 Å². The van der Waals surface area contributed by atoms with Crippen LogP contribution in [0.1, 0.15) is 12.0 Å². The van der Waals surface area contributed by atoms with E-state index in [-0.39, 0.29) is 17.9 Å². The third-order valence-electron chi connectivity index (χ3n) is 4.80. The molecule has 2 atom stereocenters. The third kappa shape index (κ3) is 2.16. The lowest BCUT2D eigenvalue weighted by Gasteiger charge is -2.47. The Morgan fingerprint density at radius 2 is 2.10 bits per heavy atom. The number of halogens is 2. The van der Waals surface area contributed by atoms with Gasteiger partial charge in [-0.15, -0.1) is 23.2 Å². The van der Waals surface area contributed by atoms with Crippen molar-refractivity contribution in [2.24, 2.45) is 5.92 Å². The zero-order chi connectivity index (χ0) is 14.8. The second-order valence-electron chi connectivity index (χ2n) is 6.24. The number of piperazine rings is 1. The number of hydrogen-bond donors (Lipinski definition) is 1. The van der Waals surface area contributed by atoms with Gasteiger partial charge in [-0.05, 0) is 30.5 Å². The van der Waals surface area contributed by atoms with Crippen molar-refractivity contribution in [2.45, 2.75) is 23.2 Å². The van der Waals surface area contributed by atoms with Crippen molar-refractivity contribution in [3.8, 4) is 0 Å². The van der Waals surface area contributed by atoms with E-state index in [0.29, 0.717) is 6.42 Å².